The number of ether oxygens (including phenoxy) is 1. The zero-order chi connectivity index (χ0) is 16.2. The van der Waals surface area contributed by atoms with E-state index in [2.05, 4.69) is 22.5 Å². The topological polar surface area (TPSA) is 68.2 Å². The molecule has 23 heavy (non-hydrogen) atoms. The standard InChI is InChI=1S/C17H28N4O2/c1-3-12-5-4-6-13(11-12)19-17(22)20-14-7-10-23-15(14)16-18-8-9-21(16)2/h8-9,12-15H,3-7,10-11H2,1-2H3,(H2,19,20,22)/t12?,13?,14-,15-/m0/s1. The Bertz CT molecular complexity index is 530. The van der Waals surface area contributed by atoms with Gasteiger partial charge in [0.1, 0.15) is 11.9 Å². The number of urea groups is 1. The van der Waals surface area contributed by atoms with Gasteiger partial charge in [-0.25, -0.2) is 9.78 Å². The number of rotatable bonds is 4. The van der Waals surface area contributed by atoms with Gasteiger partial charge in [-0.3, -0.25) is 0 Å². The highest BCUT2D eigenvalue weighted by atomic mass is 16.5. The Morgan fingerprint density at radius 2 is 2.26 bits per heavy atom. The summed E-state index contributed by atoms with van der Waals surface area (Å²) in [6, 6.07) is 0.228. The molecule has 0 bridgehead atoms. The van der Waals surface area contributed by atoms with Crippen LogP contribution in [0, 0.1) is 5.92 Å². The molecule has 1 aliphatic carbocycles. The molecule has 2 fully saturated rings. The highest BCUT2D eigenvalue weighted by Crippen LogP contribution is 2.28. The molecule has 0 aromatic carbocycles. The van der Waals surface area contributed by atoms with Gasteiger partial charge in [0.2, 0.25) is 0 Å². The molecule has 0 spiro atoms. The average molecular weight is 320 g/mol. The third-order valence-corrected chi connectivity index (χ3v) is 5.22. The van der Waals surface area contributed by atoms with Crippen LogP contribution in [0.3, 0.4) is 0 Å². The fourth-order valence-electron chi connectivity index (χ4n) is 3.83. The molecule has 2 amide bonds. The first-order valence-corrected chi connectivity index (χ1v) is 8.83. The van der Waals surface area contributed by atoms with E-state index >= 15 is 0 Å². The van der Waals surface area contributed by atoms with E-state index in [0.717, 1.165) is 31.0 Å². The minimum Gasteiger partial charge on any atom is -0.368 e. The van der Waals surface area contributed by atoms with Crippen LogP contribution in [-0.4, -0.2) is 34.3 Å². The lowest BCUT2D eigenvalue weighted by molar-refractivity contribution is 0.0906. The average Bonchev–Trinajstić information content (AvgIpc) is 3.15. The molecule has 0 radical (unpaired) electrons. The smallest absolute Gasteiger partial charge is 0.315 e. The fraction of sp³-hybridized carbons (Fsp3) is 0.765. The lowest BCUT2D eigenvalue weighted by atomic mass is 9.84. The molecule has 1 aromatic heterocycles. The normalized spacial score (nSPS) is 31.0. The highest BCUT2D eigenvalue weighted by Gasteiger charge is 2.34. The van der Waals surface area contributed by atoms with Crippen molar-refractivity contribution in [1.82, 2.24) is 20.2 Å². The summed E-state index contributed by atoms with van der Waals surface area (Å²) in [6.45, 7) is 2.89. The Morgan fingerprint density at radius 1 is 1.39 bits per heavy atom. The lowest BCUT2D eigenvalue weighted by Crippen LogP contribution is -2.48. The third-order valence-electron chi connectivity index (χ3n) is 5.22. The maximum absolute atomic E-state index is 12.4. The van der Waals surface area contributed by atoms with Gasteiger partial charge in [-0.05, 0) is 25.2 Å². The van der Waals surface area contributed by atoms with Crippen molar-refractivity contribution in [1.29, 1.82) is 0 Å². The Labute approximate surface area is 138 Å². The Hall–Kier alpha value is -1.56. The van der Waals surface area contributed by atoms with E-state index < -0.39 is 0 Å². The van der Waals surface area contributed by atoms with Crippen molar-refractivity contribution < 1.29 is 9.53 Å². The maximum Gasteiger partial charge on any atom is 0.315 e. The van der Waals surface area contributed by atoms with Gasteiger partial charge in [0.25, 0.3) is 0 Å². The van der Waals surface area contributed by atoms with E-state index in [9.17, 15) is 4.79 Å². The molecule has 128 valence electrons. The molecule has 2 heterocycles. The van der Waals surface area contributed by atoms with Crippen LogP contribution >= 0.6 is 0 Å². The lowest BCUT2D eigenvalue weighted by Gasteiger charge is -2.30. The molecule has 3 rings (SSSR count). The number of amides is 2. The summed E-state index contributed by atoms with van der Waals surface area (Å²) >= 11 is 0. The molecule has 1 saturated carbocycles. The van der Waals surface area contributed by atoms with Gasteiger partial charge in [0, 0.05) is 32.1 Å². The van der Waals surface area contributed by atoms with Crippen LogP contribution in [0.15, 0.2) is 12.4 Å². The van der Waals surface area contributed by atoms with E-state index in [0.29, 0.717) is 12.6 Å². The zero-order valence-electron chi connectivity index (χ0n) is 14.1. The Balaban J connectivity index is 1.54. The third kappa shape index (κ3) is 3.86. The molecule has 2 unspecified atom stereocenters. The second kappa shape index (κ2) is 7.34. The Kier molecular flexibility index (Phi) is 5.20. The van der Waals surface area contributed by atoms with Crippen molar-refractivity contribution >= 4 is 6.03 Å². The fourth-order valence-corrected chi connectivity index (χ4v) is 3.83. The van der Waals surface area contributed by atoms with Gasteiger partial charge in [0.05, 0.1) is 6.04 Å². The number of imidazole rings is 1. The van der Waals surface area contributed by atoms with Crippen LogP contribution < -0.4 is 10.6 Å². The predicted octanol–water partition coefficient (Wildman–Crippen LogP) is 2.52. The molecular weight excluding hydrogens is 292 g/mol. The minimum atomic E-state index is -0.157. The molecule has 1 saturated heterocycles. The number of aryl methyl sites for hydroxylation is 1. The quantitative estimate of drug-likeness (QED) is 0.896. The number of carbonyl (C=O) groups excluding carboxylic acids is 1. The van der Waals surface area contributed by atoms with Crippen molar-refractivity contribution in [2.75, 3.05) is 6.61 Å². The number of hydrogen-bond donors (Lipinski definition) is 2. The second-order valence-corrected chi connectivity index (χ2v) is 6.84. The zero-order valence-corrected chi connectivity index (χ0v) is 14.1. The van der Waals surface area contributed by atoms with Crippen LogP contribution in [0.1, 0.15) is 57.4 Å². The monoisotopic (exact) mass is 320 g/mol. The van der Waals surface area contributed by atoms with E-state index in [1.807, 2.05) is 17.8 Å². The first kappa shape index (κ1) is 16.3. The SMILES string of the molecule is CCC1CCCC(NC(=O)N[C@H]2CCO[C@@H]2c2nccn2C)C1. The van der Waals surface area contributed by atoms with Crippen LogP contribution in [0.5, 0.6) is 0 Å². The summed E-state index contributed by atoms with van der Waals surface area (Å²) < 4.78 is 7.74. The number of nitrogens with one attached hydrogen (secondary N) is 2. The summed E-state index contributed by atoms with van der Waals surface area (Å²) in [7, 11) is 1.95. The van der Waals surface area contributed by atoms with Crippen LogP contribution in [0.4, 0.5) is 4.79 Å². The Morgan fingerprint density at radius 3 is 3.00 bits per heavy atom. The van der Waals surface area contributed by atoms with E-state index in [-0.39, 0.29) is 18.2 Å². The summed E-state index contributed by atoms with van der Waals surface area (Å²) in [5.41, 5.74) is 0. The predicted molar refractivity (Wildman–Crippen MR) is 88.0 cm³/mol. The summed E-state index contributed by atoms with van der Waals surface area (Å²) in [4.78, 5) is 16.7. The van der Waals surface area contributed by atoms with Gasteiger partial charge < -0.3 is 19.9 Å². The first-order chi connectivity index (χ1) is 11.2. The first-order valence-electron chi connectivity index (χ1n) is 8.83. The second-order valence-electron chi connectivity index (χ2n) is 6.84. The molecule has 6 heteroatoms. The molecular formula is C17H28N4O2. The largest absolute Gasteiger partial charge is 0.368 e. The van der Waals surface area contributed by atoms with Gasteiger partial charge >= 0.3 is 6.03 Å². The van der Waals surface area contributed by atoms with Crippen molar-refractivity contribution in [3.63, 3.8) is 0 Å². The van der Waals surface area contributed by atoms with Gasteiger partial charge in [-0.1, -0.05) is 26.2 Å². The maximum atomic E-state index is 12.4. The van der Waals surface area contributed by atoms with Gasteiger partial charge in [-0.15, -0.1) is 0 Å². The van der Waals surface area contributed by atoms with E-state index in [1.54, 1.807) is 6.20 Å². The summed E-state index contributed by atoms with van der Waals surface area (Å²) in [5.74, 6) is 1.63. The summed E-state index contributed by atoms with van der Waals surface area (Å²) in [6.07, 6.45) is 10.3. The molecule has 4 atom stereocenters. The van der Waals surface area contributed by atoms with Crippen molar-refractivity contribution in [3.8, 4) is 0 Å². The van der Waals surface area contributed by atoms with Crippen molar-refractivity contribution in [2.24, 2.45) is 13.0 Å². The molecule has 1 aromatic rings. The van der Waals surface area contributed by atoms with Gasteiger partial charge in [0.15, 0.2) is 0 Å². The van der Waals surface area contributed by atoms with Crippen LogP contribution in [0.2, 0.25) is 0 Å². The molecule has 2 N–H and O–H groups in total. The van der Waals surface area contributed by atoms with Crippen LogP contribution in [-0.2, 0) is 11.8 Å². The van der Waals surface area contributed by atoms with Gasteiger partial charge in [-0.2, -0.15) is 0 Å². The van der Waals surface area contributed by atoms with E-state index in [4.69, 9.17) is 4.74 Å². The van der Waals surface area contributed by atoms with Crippen LogP contribution in [0.25, 0.3) is 0 Å². The van der Waals surface area contributed by atoms with E-state index in [1.165, 1.54) is 19.3 Å². The molecule has 1 aliphatic heterocycles. The molecule has 2 aliphatic rings. The minimum absolute atomic E-state index is 0.0123. The highest BCUT2D eigenvalue weighted by molar-refractivity contribution is 5.74. The number of carbonyl (C=O) groups is 1. The number of nitrogens with zero attached hydrogens (tertiary/aromatic N) is 2. The van der Waals surface area contributed by atoms with Crippen molar-refractivity contribution in [3.05, 3.63) is 18.2 Å². The number of hydrogen-bond acceptors (Lipinski definition) is 3. The number of aromatic nitrogens is 2. The molecule has 6 nitrogen and oxygen atoms in total. The summed E-state index contributed by atoms with van der Waals surface area (Å²) in [5, 5.41) is 6.25. The van der Waals surface area contributed by atoms with Crippen molar-refractivity contribution in [2.45, 2.75) is 63.6 Å².